The Morgan fingerprint density at radius 1 is 1.50 bits per heavy atom. The van der Waals surface area contributed by atoms with E-state index in [9.17, 15) is 13.2 Å². The van der Waals surface area contributed by atoms with Gasteiger partial charge in [-0.2, -0.15) is 4.31 Å². The Bertz CT molecular complexity index is 611. The minimum atomic E-state index is -3.57. The average molecular weight is 382 g/mol. The van der Waals surface area contributed by atoms with Crippen molar-refractivity contribution in [1.29, 1.82) is 0 Å². The predicted octanol–water partition coefficient (Wildman–Crippen LogP) is 2.86. The van der Waals surface area contributed by atoms with Gasteiger partial charge in [0.2, 0.25) is 10.0 Å². The largest absolute Gasteiger partial charge is 0.465 e. The molecule has 0 amide bonds. The number of piperidine rings is 1. The normalized spacial score (nSPS) is 20.9. The van der Waals surface area contributed by atoms with Crippen molar-refractivity contribution in [2.45, 2.75) is 37.1 Å². The summed E-state index contributed by atoms with van der Waals surface area (Å²) in [6, 6.07) is 1.37. The van der Waals surface area contributed by atoms with Gasteiger partial charge in [0.1, 0.15) is 9.77 Å². The zero-order valence-corrected chi connectivity index (χ0v) is 14.5. The third kappa shape index (κ3) is 2.93. The number of hydrogen-bond acceptors (Lipinski definition) is 5. The molecule has 1 saturated heterocycles. The third-order valence-electron chi connectivity index (χ3n) is 3.37. The molecule has 2 rings (SSSR count). The molecule has 0 N–H and O–H groups in total. The summed E-state index contributed by atoms with van der Waals surface area (Å²) in [6.45, 7) is 2.44. The van der Waals surface area contributed by atoms with Gasteiger partial charge in [0.05, 0.1) is 10.9 Å². The van der Waals surface area contributed by atoms with Crippen molar-refractivity contribution in [3.05, 3.63) is 14.7 Å². The van der Waals surface area contributed by atoms with Gasteiger partial charge in [0.25, 0.3) is 0 Å². The quantitative estimate of drug-likeness (QED) is 0.755. The molecule has 1 aliphatic rings. The molecule has 0 bridgehead atoms. The number of methoxy groups -OCH3 is 1. The summed E-state index contributed by atoms with van der Waals surface area (Å²) in [5, 5.41) is 0. The van der Waals surface area contributed by atoms with Crippen LogP contribution < -0.4 is 0 Å². The van der Waals surface area contributed by atoms with Crippen molar-refractivity contribution in [2.75, 3.05) is 13.7 Å². The summed E-state index contributed by atoms with van der Waals surface area (Å²) in [5.74, 6) is -0.524. The number of halogens is 1. The first-order valence-corrected chi connectivity index (χ1v) is 9.32. The number of carbonyl (C=O) groups excluding carboxylic acids is 1. The molecule has 0 aliphatic carbocycles. The molecule has 1 aliphatic heterocycles. The van der Waals surface area contributed by atoms with Gasteiger partial charge in [-0.3, -0.25) is 0 Å². The Kier molecular flexibility index (Phi) is 4.88. The van der Waals surface area contributed by atoms with Crippen molar-refractivity contribution in [2.24, 2.45) is 0 Å². The van der Waals surface area contributed by atoms with Gasteiger partial charge in [-0.15, -0.1) is 11.3 Å². The van der Waals surface area contributed by atoms with E-state index in [1.165, 1.54) is 17.5 Å². The van der Waals surface area contributed by atoms with Crippen molar-refractivity contribution in [1.82, 2.24) is 4.31 Å². The van der Waals surface area contributed by atoms with E-state index in [1.807, 2.05) is 6.92 Å². The lowest BCUT2D eigenvalue weighted by Crippen LogP contribution is -2.41. The maximum atomic E-state index is 12.7. The lowest BCUT2D eigenvalue weighted by Gasteiger charge is -2.32. The van der Waals surface area contributed by atoms with E-state index in [2.05, 4.69) is 20.7 Å². The van der Waals surface area contributed by atoms with Crippen molar-refractivity contribution in [3.8, 4) is 0 Å². The van der Waals surface area contributed by atoms with E-state index >= 15 is 0 Å². The van der Waals surface area contributed by atoms with Gasteiger partial charge in [-0.25, -0.2) is 13.2 Å². The number of esters is 1. The highest BCUT2D eigenvalue weighted by atomic mass is 79.9. The molecule has 0 unspecified atom stereocenters. The molecule has 0 spiro atoms. The number of carbonyl (C=O) groups is 1. The van der Waals surface area contributed by atoms with Crippen molar-refractivity contribution >= 4 is 43.3 Å². The van der Waals surface area contributed by atoms with Crippen LogP contribution in [-0.4, -0.2) is 38.4 Å². The SMILES string of the molecule is COC(=O)c1cc(S(=O)(=O)N2CCCC[C@@H]2C)c(Br)s1. The zero-order chi connectivity index (χ0) is 14.9. The minimum Gasteiger partial charge on any atom is -0.465 e. The van der Waals surface area contributed by atoms with E-state index in [4.69, 9.17) is 0 Å². The molecular formula is C12H16BrNO4S2. The fourth-order valence-electron chi connectivity index (χ4n) is 2.28. The Balaban J connectivity index is 2.39. The van der Waals surface area contributed by atoms with Crippen LogP contribution in [0.5, 0.6) is 0 Å². The van der Waals surface area contributed by atoms with Crippen molar-refractivity contribution in [3.63, 3.8) is 0 Å². The number of ether oxygens (including phenoxy) is 1. The first-order chi connectivity index (χ1) is 9.37. The van der Waals surface area contributed by atoms with Gasteiger partial charge < -0.3 is 4.74 Å². The fraction of sp³-hybridized carbons (Fsp3) is 0.583. The highest BCUT2D eigenvalue weighted by Gasteiger charge is 2.34. The molecule has 20 heavy (non-hydrogen) atoms. The van der Waals surface area contributed by atoms with Gasteiger partial charge in [0.15, 0.2) is 0 Å². The van der Waals surface area contributed by atoms with E-state index < -0.39 is 16.0 Å². The number of rotatable bonds is 3. The molecule has 1 atom stereocenters. The van der Waals surface area contributed by atoms with Crippen LogP contribution in [0.15, 0.2) is 14.7 Å². The van der Waals surface area contributed by atoms with Crippen LogP contribution in [0, 0.1) is 0 Å². The minimum absolute atomic E-state index is 0.0119. The molecule has 112 valence electrons. The molecule has 1 aromatic rings. The molecule has 0 aromatic carbocycles. The van der Waals surface area contributed by atoms with Gasteiger partial charge in [0, 0.05) is 12.6 Å². The molecule has 1 aromatic heterocycles. The fourth-order valence-corrected chi connectivity index (χ4v) is 6.42. The van der Waals surface area contributed by atoms with Crippen LogP contribution in [0.25, 0.3) is 0 Å². The Labute approximate surface area is 131 Å². The predicted molar refractivity (Wildman–Crippen MR) is 80.6 cm³/mol. The molecule has 5 nitrogen and oxygen atoms in total. The van der Waals surface area contributed by atoms with Crippen LogP contribution in [0.4, 0.5) is 0 Å². The summed E-state index contributed by atoms with van der Waals surface area (Å²) in [6.07, 6.45) is 2.78. The van der Waals surface area contributed by atoms with Crippen molar-refractivity contribution < 1.29 is 17.9 Å². The maximum absolute atomic E-state index is 12.7. The molecule has 0 radical (unpaired) electrons. The monoisotopic (exact) mass is 381 g/mol. The molecule has 0 saturated carbocycles. The highest BCUT2D eigenvalue weighted by molar-refractivity contribution is 9.11. The Morgan fingerprint density at radius 2 is 2.20 bits per heavy atom. The third-order valence-corrected chi connectivity index (χ3v) is 7.62. The first kappa shape index (κ1) is 15.9. The molecule has 1 fully saturated rings. The summed E-state index contributed by atoms with van der Waals surface area (Å²) in [4.78, 5) is 11.9. The second-order valence-electron chi connectivity index (χ2n) is 4.70. The van der Waals surface area contributed by atoms with Gasteiger partial charge in [-0.05, 0) is 41.8 Å². The van der Waals surface area contributed by atoms with E-state index in [-0.39, 0.29) is 15.8 Å². The summed E-state index contributed by atoms with van der Waals surface area (Å²) >= 11 is 4.32. The van der Waals surface area contributed by atoms with E-state index in [1.54, 1.807) is 0 Å². The highest BCUT2D eigenvalue weighted by Crippen LogP contribution is 2.35. The summed E-state index contributed by atoms with van der Waals surface area (Å²) in [5.41, 5.74) is 0. The number of sulfonamides is 1. The van der Waals surface area contributed by atoms with E-state index in [0.29, 0.717) is 10.3 Å². The number of hydrogen-bond donors (Lipinski definition) is 0. The molecular weight excluding hydrogens is 366 g/mol. The Morgan fingerprint density at radius 3 is 2.80 bits per heavy atom. The molecule has 2 heterocycles. The maximum Gasteiger partial charge on any atom is 0.348 e. The van der Waals surface area contributed by atoms with Gasteiger partial charge in [-0.1, -0.05) is 6.42 Å². The van der Waals surface area contributed by atoms with E-state index in [0.717, 1.165) is 30.6 Å². The van der Waals surface area contributed by atoms with Crippen LogP contribution in [0.3, 0.4) is 0 Å². The second kappa shape index (κ2) is 6.13. The topological polar surface area (TPSA) is 63.7 Å². The smallest absolute Gasteiger partial charge is 0.348 e. The lowest BCUT2D eigenvalue weighted by molar-refractivity contribution is 0.0606. The average Bonchev–Trinajstić information content (AvgIpc) is 2.81. The van der Waals surface area contributed by atoms with Crippen LogP contribution >= 0.6 is 27.3 Å². The summed E-state index contributed by atoms with van der Waals surface area (Å²) in [7, 11) is -2.30. The summed E-state index contributed by atoms with van der Waals surface area (Å²) < 4.78 is 32.0. The second-order valence-corrected chi connectivity index (χ2v) is 8.93. The van der Waals surface area contributed by atoms with Gasteiger partial charge >= 0.3 is 5.97 Å². The number of thiophene rings is 1. The standard InChI is InChI=1S/C12H16BrNO4S2/c1-8-5-3-4-6-14(8)20(16,17)10-7-9(12(15)18-2)19-11(10)13/h7-8H,3-6H2,1-2H3/t8-/m0/s1. The lowest BCUT2D eigenvalue weighted by atomic mass is 10.1. The van der Waals surface area contributed by atoms with Crippen LogP contribution in [0.2, 0.25) is 0 Å². The molecule has 8 heteroatoms. The van der Waals surface area contributed by atoms with Crippen LogP contribution in [-0.2, 0) is 14.8 Å². The van der Waals surface area contributed by atoms with Crippen LogP contribution in [0.1, 0.15) is 35.9 Å². The zero-order valence-electron chi connectivity index (χ0n) is 11.3. The number of nitrogens with zero attached hydrogens (tertiary/aromatic N) is 1. The first-order valence-electron chi connectivity index (χ1n) is 6.27. The Hall–Kier alpha value is -0.440.